The van der Waals surface area contributed by atoms with Gasteiger partial charge in [0.25, 0.3) is 20.1 Å². The molecule has 0 heterocycles. The van der Waals surface area contributed by atoms with E-state index in [1.807, 2.05) is 0 Å². The molecule has 16 heteroatoms. The molecule has 0 unspecified atom stereocenters. The lowest BCUT2D eigenvalue weighted by Gasteiger charge is -2.23. The number of hydrogen-bond donors (Lipinski definition) is 5. The number of nitrogens with zero attached hydrogens (tertiary/aromatic N) is 3. The number of nitrogens with two attached hydrogens (primary N) is 1. The van der Waals surface area contributed by atoms with Crippen molar-refractivity contribution in [3.8, 4) is 5.75 Å². The maximum absolute atomic E-state index is 13.9. The van der Waals surface area contributed by atoms with Crippen molar-refractivity contribution in [2.45, 2.75) is 23.1 Å². The Bertz CT molecular complexity index is 1940. The zero-order valence-corrected chi connectivity index (χ0v) is 25.7. The number of hydrogen-bond acceptors (Lipinski definition) is 9. The quantitative estimate of drug-likeness (QED) is 0.0439. The Morgan fingerprint density at radius 1 is 1.00 bits per heavy atom. The fraction of sp³-hybridized carbons (Fsp3) is 0.179. The normalized spacial score (nSPS) is 12.0. The molecular weight excluding hydrogens is 632 g/mol. The van der Waals surface area contributed by atoms with Gasteiger partial charge >= 0.3 is 6.03 Å². The van der Waals surface area contributed by atoms with Crippen LogP contribution in [0.2, 0.25) is 0 Å². The first kappa shape index (κ1) is 32.5. The molecule has 4 rings (SSSR count). The van der Waals surface area contributed by atoms with E-state index in [1.165, 1.54) is 34.6 Å². The number of urea groups is 1. The highest BCUT2D eigenvalue weighted by Gasteiger charge is 2.27. The number of nitrogen functional groups attached to an aromatic ring is 1. The lowest BCUT2D eigenvalue weighted by atomic mass is 10.1. The summed E-state index contributed by atoms with van der Waals surface area (Å²) in [5, 5.41) is 24.5. The van der Waals surface area contributed by atoms with Gasteiger partial charge in [-0.25, -0.2) is 13.2 Å². The maximum Gasteiger partial charge on any atom is 0.319 e. The fourth-order valence-corrected chi connectivity index (χ4v) is 6.57. The minimum absolute atomic E-state index is 0.0247. The number of benzene rings is 4. The molecule has 2 amide bonds. The van der Waals surface area contributed by atoms with Gasteiger partial charge in [-0.1, -0.05) is 18.2 Å². The number of alkyl halides is 1. The fourth-order valence-electron chi connectivity index (χ4n) is 4.30. The summed E-state index contributed by atoms with van der Waals surface area (Å²) in [7, 11) is -8.79. The van der Waals surface area contributed by atoms with Gasteiger partial charge in [0.15, 0.2) is 0 Å². The van der Waals surface area contributed by atoms with Gasteiger partial charge in [0.2, 0.25) is 0 Å². The number of carbonyl (C=O) groups excluding carboxylic acids is 1. The van der Waals surface area contributed by atoms with Crippen molar-refractivity contribution in [1.82, 2.24) is 5.32 Å². The van der Waals surface area contributed by atoms with E-state index in [-0.39, 0.29) is 39.3 Å². The third-order valence-electron chi connectivity index (χ3n) is 6.36. The molecule has 0 saturated carbocycles. The van der Waals surface area contributed by atoms with E-state index < -0.39 is 36.8 Å². The Labute approximate surface area is 259 Å². The first-order valence-corrected chi connectivity index (χ1v) is 16.6. The highest BCUT2D eigenvalue weighted by atomic mass is 35.5. The summed E-state index contributed by atoms with van der Waals surface area (Å²) in [5.41, 5.74) is 6.91. The number of carbonyl (C=O) groups is 1. The van der Waals surface area contributed by atoms with E-state index in [1.54, 1.807) is 37.3 Å². The highest BCUT2D eigenvalue weighted by Crippen LogP contribution is 2.41. The average molecular weight is 661 g/mol. The zero-order chi connectivity index (χ0) is 32.1. The highest BCUT2D eigenvalue weighted by molar-refractivity contribution is 7.93. The molecule has 4 aromatic rings. The number of phenolic OH excluding ortho intramolecular Hbond substituents is 1. The second kappa shape index (κ2) is 13.5. The summed E-state index contributed by atoms with van der Waals surface area (Å²) in [6, 6.07) is 16.6. The largest absolute Gasteiger partial charge is 0.507 e. The Hall–Kier alpha value is -4.44. The van der Waals surface area contributed by atoms with E-state index >= 15 is 0 Å². The smallest absolute Gasteiger partial charge is 0.319 e. The third-order valence-corrected chi connectivity index (χ3v) is 9.41. The van der Waals surface area contributed by atoms with Crippen LogP contribution in [0, 0.1) is 0 Å². The summed E-state index contributed by atoms with van der Waals surface area (Å²) in [6.07, 6.45) is 0.619. The summed E-state index contributed by atoms with van der Waals surface area (Å²) < 4.78 is 61.5. The van der Waals surface area contributed by atoms with Crippen molar-refractivity contribution in [2.75, 3.05) is 34.3 Å². The minimum Gasteiger partial charge on any atom is -0.507 e. The molecule has 13 nitrogen and oxygen atoms in total. The van der Waals surface area contributed by atoms with Crippen LogP contribution in [0.4, 0.5) is 33.2 Å². The lowest BCUT2D eigenvalue weighted by Crippen LogP contribution is -2.31. The molecule has 6 N–H and O–H groups in total. The number of nitrogens with one attached hydrogen (secondary N) is 2. The number of rotatable bonds is 11. The molecule has 0 spiro atoms. The Morgan fingerprint density at radius 2 is 1.70 bits per heavy atom. The average Bonchev–Trinajstić information content (AvgIpc) is 2.97. The van der Waals surface area contributed by atoms with E-state index in [4.69, 9.17) is 17.3 Å². The predicted octanol–water partition coefficient (Wildman–Crippen LogP) is 5.76. The van der Waals surface area contributed by atoms with Gasteiger partial charge in [0, 0.05) is 30.7 Å². The molecule has 0 fully saturated rings. The monoisotopic (exact) mass is 660 g/mol. The molecule has 232 valence electrons. The zero-order valence-electron chi connectivity index (χ0n) is 23.3. The van der Waals surface area contributed by atoms with Crippen molar-refractivity contribution in [3.63, 3.8) is 0 Å². The number of anilines is 3. The SMILES string of the molecule is CCN(c1ccc(NC(=O)NCCCCl)cc1)S(=O)(=O)c1ccccc1N=Nc1c(N)ccc2cc(S(=O)(=O)O)cc(O)c12. The van der Waals surface area contributed by atoms with Crippen molar-refractivity contribution in [1.29, 1.82) is 0 Å². The summed E-state index contributed by atoms with van der Waals surface area (Å²) >= 11 is 5.62. The predicted molar refractivity (Wildman–Crippen MR) is 169 cm³/mol. The topological polar surface area (TPSA) is 204 Å². The second-order valence-electron chi connectivity index (χ2n) is 9.33. The van der Waals surface area contributed by atoms with Gasteiger partial charge in [0.05, 0.1) is 21.7 Å². The molecular formula is C28H29ClN6O7S2. The van der Waals surface area contributed by atoms with E-state index in [9.17, 15) is 31.3 Å². The Balaban J connectivity index is 1.67. The summed E-state index contributed by atoms with van der Waals surface area (Å²) in [5.74, 6) is -0.109. The molecule has 0 atom stereocenters. The van der Waals surface area contributed by atoms with Crippen molar-refractivity contribution in [3.05, 3.63) is 72.8 Å². The number of aromatic hydroxyl groups is 1. The molecule has 0 aliphatic carbocycles. The van der Waals surface area contributed by atoms with Crippen LogP contribution in [-0.4, -0.2) is 51.5 Å². The summed E-state index contributed by atoms with van der Waals surface area (Å²) in [6.45, 7) is 2.15. The standard InChI is InChI=1S/C28H29ClN6O7S2/c1-2-35(20-11-9-19(10-12-20)32-28(37)31-15-5-14-29)43(38,39)25-7-4-3-6-23(25)33-34-27-22(30)13-8-18-16-21(44(40,41)42)17-24(36)26(18)27/h3-4,6-13,16-17,36H,2,5,14-15,30H2,1H3,(H2,31,32,37)(H,40,41,42). The van der Waals surface area contributed by atoms with Crippen LogP contribution in [0.5, 0.6) is 5.75 Å². The lowest BCUT2D eigenvalue weighted by molar-refractivity contribution is 0.252. The van der Waals surface area contributed by atoms with Gasteiger partial charge < -0.3 is 21.5 Å². The van der Waals surface area contributed by atoms with Crippen LogP contribution in [0.1, 0.15) is 13.3 Å². The van der Waals surface area contributed by atoms with Gasteiger partial charge in [-0.15, -0.1) is 21.8 Å². The van der Waals surface area contributed by atoms with Crippen LogP contribution in [-0.2, 0) is 20.1 Å². The molecule has 0 aliphatic heterocycles. The molecule has 0 aromatic heterocycles. The minimum atomic E-state index is -4.61. The van der Waals surface area contributed by atoms with Gasteiger partial charge in [-0.3, -0.25) is 8.86 Å². The van der Waals surface area contributed by atoms with Crippen molar-refractivity contribution in [2.24, 2.45) is 10.2 Å². The van der Waals surface area contributed by atoms with E-state index in [2.05, 4.69) is 20.9 Å². The maximum atomic E-state index is 13.9. The number of phenols is 1. The first-order chi connectivity index (χ1) is 20.9. The third kappa shape index (κ3) is 7.19. The Kier molecular flexibility index (Phi) is 9.94. The second-order valence-corrected chi connectivity index (χ2v) is 13.0. The molecule has 0 saturated heterocycles. The van der Waals surface area contributed by atoms with E-state index in [0.29, 0.717) is 30.2 Å². The molecule has 4 aromatic carbocycles. The van der Waals surface area contributed by atoms with Crippen LogP contribution < -0.4 is 20.7 Å². The summed E-state index contributed by atoms with van der Waals surface area (Å²) in [4.78, 5) is 11.3. The molecule has 0 radical (unpaired) electrons. The van der Waals surface area contributed by atoms with Crippen LogP contribution >= 0.6 is 11.6 Å². The van der Waals surface area contributed by atoms with Gasteiger partial charge in [-0.2, -0.15) is 8.42 Å². The number of halogens is 1. The molecule has 0 aliphatic rings. The molecule has 44 heavy (non-hydrogen) atoms. The van der Waals surface area contributed by atoms with Crippen LogP contribution in [0.3, 0.4) is 0 Å². The Morgan fingerprint density at radius 3 is 2.36 bits per heavy atom. The number of sulfonamides is 1. The number of fused-ring (bicyclic) bond motifs is 1. The number of azo groups is 1. The number of amides is 2. The van der Waals surface area contributed by atoms with Crippen LogP contribution in [0.25, 0.3) is 10.8 Å². The van der Waals surface area contributed by atoms with Gasteiger partial charge in [0.1, 0.15) is 22.0 Å². The van der Waals surface area contributed by atoms with Crippen molar-refractivity contribution >= 4 is 77.0 Å². The van der Waals surface area contributed by atoms with Gasteiger partial charge in [-0.05, 0) is 67.3 Å². The van der Waals surface area contributed by atoms with Crippen molar-refractivity contribution < 1.29 is 31.3 Å². The van der Waals surface area contributed by atoms with Crippen LogP contribution in [0.15, 0.2) is 92.8 Å². The first-order valence-electron chi connectivity index (χ1n) is 13.1. The van der Waals surface area contributed by atoms with E-state index in [0.717, 1.165) is 12.1 Å². The molecule has 0 bridgehead atoms.